The molecule has 1 aromatic carbocycles. The highest BCUT2D eigenvalue weighted by molar-refractivity contribution is 5.26. The molecule has 108 valence electrons. The van der Waals surface area contributed by atoms with Crippen LogP contribution >= 0.6 is 0 Å². The van der Waals surface area contributed by atoms with E-state index in [1.807, 2.05) is 31.2 Å². The summed E-state index contributed by atoms with van der Waals surface area (Å²) in [6, 6.07) is 7.96. The van der Waals surface area contributed by atoms with Gasteiger partial charge in [0.05, 0.1) is 18.8 Å². The van der Waals surface area contributed by atoms with Crippen LogP contribution in [0.4, 0.5) is 0 Å². The van der Waals surface area contributed by atoms with Crippen LogP contribution in [-0.2, 0) is 24.4 Å². The highest BCUT2D eigenvalue weighted by Gasteiger charge is 2.11. The van der Waals surface area contributed by atoms with Crippen molar-refractivity contribution in [1.29, 1.82) is 0 Å². The van der Waals surface area contributed by atoms with Crippen LogP contribution in [0.2, 0.25) is 0 Å². The topological polar surface area (TPSA) is 75.2 Å². The van der Waals surface area contributed by atoms with Gasteiger partial charge in [0.1, 0.15) is 18.1 Å². The molecule has 0 fully saturated rings. The largest absolute Gasteiger partial charge is 0.492 e. The number of methoxy groups -OCH3 is 1. The van der Waals surface area contributed by atoms with Gasteiger partial charge in [-0.1, -0.05) is 22.9 Å². The Bertz CT molecular complexity index is 537. The zero-order valence-electron chi connectivity index (χ0n) is 11.9. The zero-order valence-corrected chi connectivity index (χ0v) is 11.9. The van der Waals surface area contributed by atoms with E-state index >= 15 is 0 Å². The van der Waals surface area contributed by atoms with Gasteiger partial charge in [-0.2, -0.15) is 0 Å². The quantitative estimate of drug-likeness (QED) is 0.824. The van der Waals surface area contributed by atoms with Crippen molar-refractivity contribution in [2.75, 3.05) is 13.7 Å². The Morgan fingerprint density at radius 1 is 1.25 bits per heavy atom. The molecule has 0 saturated carbocycles. The van der Waals surface area contributed by atoms with Gasteiger partial charge in [-0.3, -0.25) is 0 Å². The molecular weight excluding hydrogens is 256 g/mol. The second-order valence-corrected chi connectivity index (χ2v) is 4.50. The first kappa shape index (κ1) is 14.5. The maximum absolute atomic E-state index is 5.68. The molecule has 0 amide bonds. The van der Waals surface area contributed by atoms with Crippen LogP contribution < -0.4 is 10.5 Å². The predicted octanol–water partition coefficient (Wildman–Crippen LogP) is 1.27. The lowest BCUT2D eigenvalue weighted by atomic mass is 10.2. The average molecular weight is 276 g/mol. The Morgan fingerprint density at radius 3 is 2.65 bits per heavy atom. The number of nitrogens with two attached hydrogens (primary N) is 1. The van der Waals surface area contributed by atoms with Crippen molar-refractivity contribution in [3.05, 3.63) is 41.2 Å². The zero-order chi connectivity index (χ0) is 14.4. The van der Waals surface area contributed by atoms with E-state index < -0.39 is 0 Å². The summed E-state index contributed by atoms with van der Waals surface area (Å²) < 4.78 is 12.6. The number of benzene rings is 1. The van der Waals surface area contributed by atoms with Gasteiger partial charge in [0.2, 0.25) is 0 Å². The van der Waals surface area contributed by atoms with Crippen LogP contribution in [0.3, 0.4) is 0 Å². The maximum Gasteiger partial charge on any atom is 0.119 e. The predicted molar refractivity (Wildman–Crippen MR) is 75.3 cm³/mol. The van der Waals surface area contributed by atoms with Crippen molar-refractivity contribution >= 4 is 0 Å². The van der Waals surface area contributed by atoms with E-state index in [2.05, 4.69) is 10.3 Å². The number of ether oxygens (including phenoxy) is 2. The number of nitrogens with zero attached hydrogens (tertiary/aromatic N) is 3. The van der Waals surface area contributed by atoms with Gasteiger partial charge < -0.3 is 15.2 Å². The Morgan fingerprint density at radius 2 is 2.00 bits per heavy atom. The van der Waals surface area contributed by atoms with Crippen molar-refractivity contribution < 1.29 is 9.47 Å². The lowest BCUT2D eigenvalue weighted by Gasteiger charge is -2.09. The van der Waals surface area contributed by atoms with E-state index in [0.717, 1.165) is 17.1 Å². The number of hydrogen-bond donors (Lipinski definition) is 1. The summed E-state index contributed by atoms with van der Waals surface area (Å²) in [7, 11) is 1.64. The molecule has 6 nitrogen and oxygen atoms in total. The highest BCUT2D eigenvalue weighted by Crippen LogP contribution is 2.12. The van der Waals surface area contributed by atoms with Crippen LogP contribution in [0.25, 0.3) is 0 Å². The lowest BCUT2D eigenvalue weighted by molar-refractivity contribution is 0.173. The van der Waals surface area contributed by atoms with Crippen LogP contribution in [0.15, 0.2) is 24.3 Å². The maximum atomic E-state index is 5.68. The average Bonchev–Trinajstić information content (AvgIpc) is 2.84. The molecule has 0 aliphatic rings. The Balaban J connectivity index is 1.93. The normalized spacial score (nSPS) is 10.8. The minimum absolute atomic E-state index is 0.359. The Kier molecular flexibility index (Phi) is 5.09. The summed E-state index contributed by atoms with van der Waals surface area (Å²) in [4.78, 5) is 0. The minimum Gasteiger partial charge on any atom is -0.492 e. The monoisotopic (exact) mass is 276 g/mol. The van der Waals surface area contributed by atoms with E-state index in [-0.39, 0.29) is 0 Å². The molecule has 2 rings (SSSR count). The van der Waals surface area contributed by atoms with Gasteiger partial charge in [0.25, 0.3) is 0 Å². The molecule has 2 N–H and O–H groups in total. The summed E-state index contributed by atoms with van der Waals surface area (Å²) in [6.45, 7) is 3.98. The highest BCUT2D eigenvalue weighted by atomic mass is 16.5. The third kappa shape index (κ3) is 3.55. The molecule has 1 heterocycles. The third-order valence-corrected chi connectivity index (χ3v) is 2.99. The lowest BCUT2D eigenvalue weighted by Crippen LogP contribution is -2.14. The van der Waals surface area contributed by atoms with E-state index in [4.69, 9.17) is 15.2 Å². The fourth-order valence-corrected chi connectivity index (χ4v) is 1.89. The smallest absolute Gasteiger partial charge is 0.119 e. The van der Waals surface area contributed by atoms with Crippen LogP contribution in [0, 0.1) is 6.92 Å². The second kappa shape index (κ2) is 7.02. The van der Waals surface area contributed by atoms with Gasteiger partial charge in [0.15, 0.2) is 0 Å². The minimum atomic E-state index is 0.359. The molecule has 0 bridgehead atoms. The van der Waals surface area contributed by atoms with E-state index in [9.17, 15) is 0 Å². The summed E-state index contributed by atoms with van der Waals surface area (Å²) in [5.41, 5.74) is 8.51. The fraction of sp³-hybridized carbons (Fsp3) is 0.429. The molecule has 20 heavy (non-hydrogen) atoms. The standard InChI is InChI=1S/C14H20N4O2/c1-11-3-5-12(6-4-11)20-8-7-18-14(10-19-2)13(9-15)16-17-18/h3-6H,7-10,15H2,1-2H3. The molecule has 0 atom stereocenters. The summed E-state index contributed by atoms with van der Waals surface area (Å²) in [6.07, 6.45) is 0. The fourth-order valence-electron chi connectivity index (χ4n) is 1.89. The Hall–Kier alpha value is -1.92. The second-order valence-electron chi connectivity index (χ2n) is 4.50. The SMILES string of the molecule is COCc1c(CN)nnn1CCOc1ccc(C)cc1. The van der Waals surface area contributed by atoms with Gasteiger partial charge in [-0.15, -0.1) is 5.10 Å². The van der Waals surface area contributed by atoms with Crippen molar-refractivity contribution in [1.82, 2.24) is 15.0 Å². The van der Waals surface area contributed by atoms with Crippen molar-refractivity contribution in [2.45, 2.75) is 26.6 Å². The molecule has 6 heteroatoms. The van der Waals surface area contributed by atoms with Crippen LogP contribution in [0.1, 0.15) is 17.0 Å². The van der Waals surface area contributed by atoms with Gasteiger partial charge >= 0.3 is 0 Å². The first-order chi connectivity index (χ1) is 9.74. The van der Waals surface area contributed by atoms with Gasteiger partial charge in [0, 0.05) is 13.7 Å². The molecule has 0 radical (unpaired) electrons. The molecule has 0 aliphatic heterocycles. The van der Waals surface area contributed by atoms with Crippen LogP contribution in [-0.4, -0.2) is 28.7 Å². The van der Waals surface area contributed by atoms with Crippen molar-refractivity contribution in [3.8, 4) is 5.75 Å². The van der Waals surface area contributed by atoms with E-state index in [0.29, 0.717) is 26.3 Å². The third-order valence-electron chi connectivity index (χ3n) is 2.99. The van der Waals surface area contributed by atoms with Crippen LogP contribution in [0.5, 0.6) is 5.75 Å². The van der Waals surface area contributed by atoms with Crippen molar-refractivity contribution in [3.63, 3.8) is 0 Å². The molecule has 0 spiro atoms. The summed E-state index contributed by atoms with van der Waals surface area (Å²) in [5, 5.41) is 8.12. The van der Waals surface area contributed by atoms with Gasteiger partial charge in [-0.05, 0) is 19.1 Å². The number of hydrogen-bond acceptors (Lipinski definition) is 5. The van der Waals surface area contributed by atoms with E-state index in [1.54, 1.807) is 11.8 Å². The Labute approximate surface area is 118 Å². The first-order valence-electron chi connectivity index (χ1n) is 6.54. The molecule has 0 unspecified atom stereocenters. The van der Waals surface area contributed by atoms with E-state index in [1.165, 1.54) is 5.56 Å². The molecule has 0 aliphatic carbocycles. The van der Waals surface area contributed by atoms with Gasteiger partial charge in [-0.25, -0.2) is 4.68 Å². The number of aryl methyl sites for hydroxylation is 1. The van der Waals surface area contributed by atoms with Crippen molar-refractivity contribution in [2.24, 2.45) is 5.73 Å². The molecule has 2 aromatic rings. The molecule has 1 aromatic heterocycles. The summed E-state index contributed by atoms with van der Waals surface area (Å²) in [5.74, 6) is 0.850. The first-order valence-corrected chi connectivity index (χ1v) is 6.54. The molecular formula is C14H20N4O2. The molecule has 0 saturated heterocycles. The number of aromatic nitrogens is 3. The summed E-state index contributed by atoms with van der Waals surface area (Å²) >= 11 is 0. The number of rotatable bonds is 7.